The van der Waals surface area contributed by atoms with Crippen molar-refractivity contribution in [2.24, 2.45) is 0 Å². The predicted octanol–water partition coefficient (Wildman–Crippen LogP) is 0.835. The van der Waals surface area contributed by atoms with Crippen molar-refractivity contribution in [3.8, 4) is 0 Å². The van der Waals surface area contributed by atoms with Crippen molar-refractivity contribution >= 4 is 23.5 Å². The van der Waals surface area contributed by atoms with Crippen molar-refractivity contribution in [2.45, 2.75) is 38.0 Å². The summed E-state index contributed by atoms with van der Waals surface area (Å²) in [5.41, 5.74) is -0.513. The van der Waals surface area contributed by atoms with Gasteiger partial charge in [-0.1, -0.05) is 11.6 Å². The summed E-state index contributed by atoms with van der Waals surface area (Å²) in [5, 5.41) is 0. The minimum absolute atomic E-state index is 0.145. The van der Waals surface area contributed by atoms with Gasteiger partial charge >= 0.3 is 11.9 Å². The SMILES string of the molecule is CC(=O)O[C@H]1CC(Cl)OC[C@H]1OC(C)=O. The van der Waals surface area contributed by atoms with E-state index in [1.54, 1.807) is 0 Å². The Morgan fingerprint density at radius 3 is 2.27 bits per heavy atom. The average molecular weight is 237 g/mol. The molecule has 1 aliphatic rings. The van der Waals surface area contributed by atoms with Gasteiger partial charge in [-0.15, -0.1) is 0 Å². The first-order chi connectivity index (χ1) is 6.99. The smallest absolute Gasteiger partial charge is 0.303 e. The fourth-order valence-electron chi connectivity index (χ4n) is 1.37. The van der Waals surface area contributed by atoms with Gasteiger partial charge in [0.1, 0.15) is 11.7 Å². The van der Waals surface area contributed by atoms with Crippen molar-refractivity contribution in [3.05, 3.63) is 0 Å². The third-order valence-corrected chi connectivity index (χ3v) is 2.21. The fourth-order valence-corrected chi connectivity index (χ4v) is 1.62. The molecule has 0 amide bonds. The minimum atomic E-state index is -0.568. The van der Waals surface area contributed by atoms with E-state index in [0.29, 0.717) is 6.42 Å². The zero-order valence-corrected chi connectivity index (χ0v) is 9.32. The van der Waals surface area contributed by atoms with Crippen LogP contribution in [0.3, 0.4) is 0 Å². The average Bonchev–Trinajstić information content (AvgIpc) is 2.08. The van der Waals surface area contributed by atoms with Crippen LogP contribution in [-0.2, 0) is 23.8 Å². The molecule has 0 spiro atoms. The van der Waals surface area contributed by atoms with Crippen LogP contribution in [0.25, 0.3) is 0 Å². The quantitative estimate of drug-likeness (QED) is 0.525. The molecule has 1 saturated heterocycles. The van der Waals surface area contributed by atoms with Crippen LogP contribution in [0.4, 0.5) is 0 Å². The molecule has 0 aromatic rings. The molecule has 0 radical (unpaired) electrons. The highest BCUT2D eigenvalue weighted by molar-refractivity contribution is 6.19. The summed E-state index contributed by atoms with van der Waals surface area (Å²) >= 11 is 5.74. The highest BCUT2D eigenvalue weighted by Gasteiger charge is 2.34. The second-order valence-electron chi connectivity index (χ2n) is 3.27. The maximum absolute atomic E-state index is 10.8. The number of halogens is 1. The lowest BCUT2D eigenvalue weighted by Crippen LogP contribution is -2.44. The molecular formula is C9H13ClO5. The van der Waals surface area contributed by atoms with E-state index < -0.39 is 29.7 Å². The van der Waals surface area contributed by atoms with E-state index in [-0.39, 0.29) is 6.61 Å². The molecule has 86 valence electrons. The number of rotatable bonds is 2. The number of ether oxygens (including phenoxy) is 3. The van der Waals surface area contributed by atoms with E-state index >= 15 is 0 Å². The van der Waals surface area contributed by atoms with Gasteiger partial charge in [-0.3, -0.25) is 9.59 Å². The second kappa shape index (κ2) is 5.32. The molecule has 15 heavy (non-hydrogen) atoms. The van der Waals surface area contributed by atoms with Crippen LogP contribution >= 0.6 is 11.6 Å². The van der Waals surface area contributed by atoms with E-state index in [2.05, 4.69) is 0 Å². The highest BCUT2D eigenvalue weighted by Crippen LogP contribution is 2.22. The highest BCUT2D eigenvalue weighted by atomic mass is 35.5. The second-order valence-corrected chi connectivity index (χ2v) is 3.76. The van der Waals surface area contributed by atoms with Crippen LogP contribution in [0.2, 0.25) is 0 Å². The fraction of sp³-hybridized carbons (Fsp3) is 0.778. The molecule has 0 saturated carbocycles. The Balaban J connectivity index is 2.57. The summed E-state index contributed by atoms with van der Waals surface area (Å²) < 4.78 is 15.0. The van der Waals surface area contributed by atoms with Gasteiger partial charge in [0.2, 0.25) is 0 Å². The lowest BCUT2D eigenvalue weighted by Gasteiger charge is -2.32. The van der Waals surface area contributed by atoms with E-state index in [0.717, 1.165) is 0 Å². The zero-order chi connectivity index (χ0) is 11.4. The van der Waals surface area contributed by atoms with Crippen molar-refractivity contribution in [2.75, 3.05) is 6.61 Å². The predicted molar refractivity (Wildman–Crippen MR) is 51.3 cm³/mol. The molecule has 1 heterocycles. The molecule has 1 aliphatic heterocycles. The van der Waals surface area contributed by atoms with Crippen LogP contribution in [0.1, 0.15) is 20.3 Å². The maximum Gasteiger partial charge on any atom is 0.303 e. The van der Waals surface area contributed by atoms with Gasteiger partial charge in [-0.05, 0) is 0 Å². The van der Waals surface area contributed by atoms with Crippen LogP contribution in [0.5, 0.6) is 0 Å². The molecule has 0 aliphatic carbocycles. The summed E-state index contributed by atoms with van der Waals surface area (Å²) in [7, 11) is 0. The lowest BCUT2D eigenvalue weighted by atomic mass is 10.1. The van der Waals surface area contributed by atoms with Crippen molar-refractivity contribution < 1.29 is 23.8 Å². The molecule has 1 fully saturated rings. The van der Waals surface area contributed by atoms with Gasteiger partial charge in [0.05, 0.1) is 6.61 Å². The van der Waals surface area contributed by atoms with Crippen LogP contribution in [-0.4, -0.2) is 36.3 Å². The Morgan fingerprint density at radius 2 is 1.73 bits per heavy atom. The van der Waals surface area contributed by atoms with Gasteiger partial charge in [0.25, 0.3) is 0 Å². The Kier molecular flexibility index (Phi) is 4.35. The molecule has 1 unspecified atom stereocenters. The lowest BCUT2D eigenvalue weighted by molar-refractivity contribution is -0.181. The topological polar surface area (TPSA) is 61.8 Å². The summed E-state index contributed by atoms with van der Waals surface area (Å²) in [6.07, 6.45) is -0.775. The largest absolute Gasteiger partial charge is 0.458 e. The first-order valence-electron chi connectivity index (χ1n) is 4.59. The van der Waals surface area contributed by atoms with E-state index in [1.807, 2.05) is 0 Å². The Hall–Kier alpha value is -0.810. The summed E-state index contributed by atoms with van der Waals surface area (Å²) in [6, 6.07) is 0. The summed E-state index contributed by atoms with van der Waals surface area (Å²) in [6.45, 7) is 2.73. The number of carbonyl (C=O) groups is 2. The molecule has 6 heteroatoms. The van der Waals surface area contributed by atoms with Crippen molar-refractivity contribution in [1.29, 1.82) is 0 Å². The standard InChI is InChI=1S/C9H13ClO5/c1-5(11)14-7-3-9(10)13-4-8(7)15-6(2)12/h7-9H,3-4H2,1-2H3/t7-,8+,9?/m0/s1. The van der Waals surface area contributed by atoms with Crippen LogP contribution in [0.15, 0.2) is 0 Å². The number of alkyl halides is 1. The third kappa shape index (κ3) is 4.05. The molecule has 0 bridgehead atoms. The van der Waals surface area contributed by atoms with Crippen LogP contribution in [0, 0.1) is 0 Å². The molecule has 5 nitrogen and oxygen atoms in total. The monoisotopic (exact) mass is 236 g/mol. The Bertz CT molecular complexity index is 255. The number of hydrogen-bond acceptors (Lipinski definition) is 5. The molecule has 0 aromatic heterocycles. The maximum atomic E-state index is 10.8. The molecule has 3 atom stereocenters. The van der Waals surface area contributed by atoms with Gasteiger partial charge in [-0.2, -0.15) is 0 Å². The molecule has 0 N–H and O–H groups in total. The number of carbonyl (C=O) groups excluding carboxylic acids is 2. The summed E-state index contributed by atoms with van der Waals surface area (Å²) in [4.78, 5) is 21.6. The van der Waals surface area contributed by atoms with E-state index in [9.17, 15) is 9.59 Å². The number of hydrogen-bond donors (Lipinski definition) is 0. The van der Waals surface area contributed by atoms with E-state index in [1.165, 1.54) is 13.8 Å². The normalized spacial score (nSPS) is 30.7. The van der Waals surface area contributed by atoms with Gasteiger partial charge in [0, 0.05) is 20.3 Å². The molecule has 1 rings (SSSR count). The first kappa shape index (κ1) is 12.3. The van der Waals surface area contributed by atoms with Crippen LogP contribution < -0.4 is 0 Å². The first-order valence-corrected chi connectivity index (χ1v) is 5.03. The third-order valence-electron chi connectivity index (χ3n) is 1.91. The van der Waals surface area contributed by atoms with Gasteiger partial charge in [-0.25, -0.2) is 0 Å². The van der Waals surface area contributed by atoms with Gasteiger partial charge < -0.3 is 14.2 Å². The van der Waals surface area contributed by atoms with E-state index in [4.69, 9.17) is 25.8 Å². The number of esters is 2. The van der Waals surface area contributed by atoms with Gasteiger partial charge in [0.15, 0.2) is 6.10 Å². The molecule has 0 aromatic carbocycles. The van der Waals surface area contributed by atoms with Crippen molar-refractivity contribution in [3.63, 3.8) is 0 Å². The van der Waals surface area contributed by atoms with Crippen molar-refractivity contribution in [1.82, 2.24) is 0 Å². The summed E-state index contributed by atoms with van der Waals surface area (Å²) in [5.74, 6) is -0.864. The minimum Gasteiger partial charge on any atom is -0.458 e. The Morgan fingerprint density at radius 1 is 1.20 bits per heavy atom. The Labute approximate surface area is 92.6 Å². The molecular weight excluding hydrogens is 224 g/mol. The zero-order valence-electron chi connectivity index (χ0n) is 8.57.